The number of rotatable bonds is 7. The van der Waals surface area contributed by atoms with Crippen molar-refractivity contribution in [2.75, 3.05) is 24.5 Å². The van der Waals surface area contributed by atoms with Crippen LogP contribution in [0.15, 0.2) is 35.7 Å². The van der Waals surface area contributed by atoms with E-state index in [9.17, 15) is 4.79 Å². The van der Waals surface area contributed by atoms with Gasteiger partial charge in [-0.25, -0.2) is 4.98 Å². The molecule has 1 aliphatic rings. The van der Waals surface area contributed by atoms with Gasteiger partial charge in [-0.15, -0.1) is 11.3 Å². The van der Waals surface area contributed by atoms with E-state index in [1.807, 2.05) is 18.2 Å². The van der Waals surface area contributed by atoms with Crippen molar-refractivity contribution in [3.63, 3.8) is 0 Å². The van der Waals surface area contributed by atoms with Crippen LogP contribution in [0, 0.1) is 0 Å². The van der Waals surface area contributed by atoms with Crippen LogP contribution in [0.5, 0.6) is 0 Å². The number of benzene rings is 1. The maximum Gasteiger partial charge on any atom is 0.220 e. The second-order valence-electron chi connectivity index (χ2n) is 5.90. The third-order valence-electron chi connectivity index (χ3n) is 4.10. The summed E-state index contributed by atoms with van der Waals surface area (Å²) in [5, 5.41) is 6.24. The molecule has 1 N–H and O–H groups in total. The maximum absolute atomic E-state index is 11.9. The Morgan fingerprint density at radius 3 is 2.74 bits per heavy atom. The number of aromatic nitrogens is 1. The fraction of sp³-hybridized carbons (Fsp3) is 0.444. The Kier molecular flexibility index (Phi) is 5.64. The highest BCUT2D eigenvalue weighted by molar-refractivity contribution is 7.13. The first-order valence-corrected chi connectivity index (χ1v) is 9.19. The lowest BCUT2D eigenvalue weighted by atomic mass is 10.1. The molecule has 3 rings (SSSR count). The molecular weight excluding hydrogens is 306 g/mol. The van der Waals surface area contributed by atoms with Gasteiger partial charge in [0.05, 0.1) is 5.69 Å². The maximum atomic E-state index is 11.9. The Bertz CT molecular complexity index is 620. The third-order valence-corrected chi connectivity index (χ3v) is 5.05. The second kappa shape index (κ2) is 8.11. The predicted molar refractivity (Wildman–Crippen MR) is 95.0 cm³/mol. The highest BCUT2D eigenvalue weighted by atomic mass is 32.1. The van der Waals surface area contributed by atoms with Crippen LogP contribution in [0.2, 0.25) is 0 Å². The quantitative estimate of drug-likeness (QED) is 0.849. The van der Waals surface area contributed by atoms with Gasteiger partial charge in [0.2, 0.25) is 5.91 Å². The number of carbonyl (C=O) groups excluding carboxylic acids is 1. The zero-order chi connectivity index (χ0) is 15.9. The van der Waals surface area contributed by atoms with Crippen LogP contribution in [-0.4, -0.2) is 30.5 Å². The number of carbonyl (C=O) groups is 1. The van der Waals surface area contributed by atoms with E-state index in [4.69, 9.17) is 0 Å². The first-order valence-electron chi connectivity index (χ1n) is 8.31. The topological polar surface area (TPSA) is 45.2 Å². The minimum atomic E-state index is 0.115. The summed E-state index contributed by atoms with van der Waals surface area (Å²) in [5.41, 5.74) is 2.29. The van der Waals surface area contributed by atoms with Crippen molar-refractivity contribution in [2.24, 2.45) is 0 Å². The summed E-state index contributed by atoms with van der Waals surface area (Å²) >= 11 is 1.72. The molecule has 0 aliphatic carbocycles. The molecule has 2 heterocycles. The normalized spacial score (nSPS) is 14.2. The average Bonchev–Trinajstić information content (AvgIpc) is 3.25. The molecule has 1 aliphatic heterocycles. The Hall–Kier alpha value is -1.88. The molecule has 0 unspecified atom stereocenters. The number of amides is 1. The van der Waals surface area contributed by atoms with Gasteiger partial charge in [-0.3, -0.25) is 4.79 Å². The highest BCUT2D eigenvalue weighted by Crippen LogP contribution is 2.24. The minimum absolute atomic E-state index is 0.115. The van der Waals surface area contributed by atoms with Crippen molar-refractivity contribution in [3.05, 3.63) is 47.0 Å². The van der Waals surface area contributed by atoms with E-state index in [-0.39, 0.29) is 5.91 Å². The Morgan fingerprint density at radius 2 is 1.96 bits per heavy atom. The number of nitrogens with one attached hydrogen (secondary N) is 1. The summed E-state index contributed by atoms with van der Waals surface area (Å²) in [4.78, 5) is 18.9. The van der Waals surface area contributed by atoms with Crippen LogP contribution in [-0.2, 0) is 17.6 Å². The van der Waals surface area contributed by atoms with Crippen LogP contribution < -0.4 is 10.2 Å². The van der Waals surface area contributed by atoms with Crippen LogP contribution in [0.25, 0.3) is 0 Å². The van der Waals surface area contributed by atoms with E-state index >= 15 is 0 Å². The zero-order valence-corrected chi connectivity index (χ0v) is 14.1. The minimum Gasteiger partial charge on any atom is -0.356 e. The van der Waals surface area contributed by atoms with E-state index in [0.29, 0.717) is 13.0 Å². The molecule has 2 aromatic rings. The monoisotopic (exact) mass is 329 g/mol. The van der Waals surface area contributed by atoms with Crippen molar-refractivity contribution >= 4 is 22.4 Å². The molecule has 0 bridgehead atoms. The molecule has 0 radical (unpaired) electrons. The Labute approximate surface area is 141 Å². The summed E-state index contributed by atoms with van der Waals surface area (Å²) in [5.74, 6) is 0.115. The Balaban J connectivity index is 1.36. The summed E-state index contributed by atoms with van der Waals surface area (Å²) in [7, 11) is 0. The number of thiazole rings is 1. The van der Waals surface area contributed by atoms with Crippen LogP contribution in [0.1, 0.15) is 30.5 Å². The van der Waals surface area contributed by atoms with Gasteiger partial charge in [-0.2, -0.15) is 0 Å². The number of hydrogen-bond donors (Lipinski definition) is 1. The first kappa shape index (κ1) is 16.0. The molecule has 4 nitrogen and oxygen atoms in total. The van der Waals surface area contributed by atoms with E-state index in [2.05, 4.69) is 32.7 Å². The predicted octanol–water partition coefficient (Wildman–Crippen LogP) is 3.03. The van der Waals surface area contributed by atoms with Crippen molar-refractivity contribution in [3.8, 4) is 0 Å². The molecule has 1 saturated heterocycles. The van der Waals surface area contributed by atoms with Gasteiger partial charge >= 0.3 is 0 Å². The number of nitrogens with zero attached hydrogens (tertiary/aromatic N) is 2. The lowest BCUT2D eigenvalue weighted by Crippen LogP contribution is -2.26. The van der Waals surface area contributed by atoms with Crippen molar-refractivity contribution in [1.29, 1.82) is 0 Å². The van der Waals surface area contributed by atoms with Crippen molar-refractivity contribution in [2.45, 2.75) is 32.1 Å². The zero-order valence-electron chi connectivity index (χ0n) is 13.3. The molecule has 23 heavy (non-hydrogen) atoms. The standard InChI is InChI=1S/C18H23N3OS/c22-17(9-8-15-6-2-1-3-7-15)19-11-10-16-14-23-18(20-16)21-12-4-5-13-21/h1-3,6-7,14H,4-5,8-13H2,(H,19,22). The van der Waals surface area contributed by atoms with Crippen LogP contribution in [0.4, 0.5) is 5.13 Å². The molecule has 1 fully saturated rings. The molecule has 0 atom stereocenters. The fourth-order valence-corrected chi connectivity index (χ4v) is 3.70. The SMILES string of the molecule is O=C(CCc1ccccc1)NCCc1csc(N2CCCC2)n1. The van der Waals surface area contributed by atoms with Gasteiger partial charge in [-0.1, -0.05) is 30.3 Å². The third kappa shape index (κ3) is 4.79. The summed E-state index contributed by atoms with van der Waals surface area (Å²) in [6, 6.07) is 10.1. The molecule has 0 spiro atoms. The van der Waals surface area contributed by atoms with E-state index in [1.54, 1.807) is 11.3 Å². The molecule has 1 amide bonds. The summed E-state index contributed by atoms with van der Waals surface area (Å²) in [6.07, 6.45) is 4.68. The molecular formula is C18H23N3OS. The number of hydrogen-bond acceptors (Lipinski definition) is 4. The van der Waals surface area contributed by atoms with Gasteiger partial charge in [0.1, 0.15) is 0 Å². The van der Waals surface area contributed by atoms with Crippen molar-refractivity contribution in [1.82, 2.24) is 10.3 Å². The second-order valence-corrected chi connectivity index (χ2v) is 6.74. The molecule has 1 aromatic carbocycles. The summed E-state index contributed by atoms with van der Waals surface area (Å²) < 4.78 is 0. The van der Waals surface area contributed by atoms with Gasteiger partial charge in [0.25, 0.3) is 0 Å². The largest absolute Gasteiger partial charge is 0.356 e. The van der Waals surface area contributed by atoms with Crippen LogP contribution in [0.3, 0.4) is 0 Å². The fourth-order valence-electron chi connectivity index (χ4n) is 2.79. The molecule has 0 saturated carbocycles. The van der Waals surface area contributed by atoms with E-state index in [1.165, 1.54) is 18.4 Å². The van der Waals surface area contributed by atoms with Crippen LogP contribution >= 0.6 is 11.3 Å². The van der Waals surface area contributed by atoms with Gasteiger partial charge in [0, 0.05) is 37.9 Å². The highest BCUT2D eigenvalue weighted by Gasteiger charge is 2.15. The van der Waals surface area contributed by atoms with Crippen molar-refractivity contribution < 1.29 is 4.79 Å². The lowest BCUT2D eigenvalue weighted by Gasteiger charge is -2.12. The van der Waals surface area contributed by atoms with E-state index < -0.39 is 0 Å². The van der Waals surface area contributed by atoms with E-state index in [0.717, 1.165) is 36.8 Å². The first-order chi connectivity index (χ1) is 11.3. The summed E-state index contributed by atoms with van der Waals surface area (Å²) in [6.45, 7) is 2.92. The number of anilines is 1. The number of aryl methyl sites for hydroxylation is 1. The Morgan fingerprint density at radius 1 is 1.17 bits per heavy atom. The lowest BCUT2D eigenvalue weighted by molar-refractivity contribution is -0.121. The molecule has 122 valence electrons. The molecule has 5 heteroatoms. The van der Waals surface area contributed by atoms with Gasteiger partial charge in [-0.05, 0) is 24.8 Å². The smallest absolute Gasteiger partial charge is 0.220 e. The molecule has 1 aromatic heterocycles. The van der Waals surface area contributed by atoms with Gasteiger partial charge in [0.15, 0.2) is 5.13 Å². The van der Waals surface area contributed by atoms with Gasteiger partial charge < -0.3 is 10.2 Å². The average molecular weight is 329 g/mol.